The van der Waals surface area contributed by atoms with Crippen LogP contribution in [0.3, 0.4) is 0 Å². The van der Waals surface area contributed by atoms with Gasteiger partial charge in [0.2, 0.25) is 5.91 Å². The number of allylic oxidation sites excluding steroid dienone is 7. The molecule has 0 spiro atoms. The van der Waals surface area contributed by atoms with E-state index in [1.165, 1.54) is 89.9 Å². The standard InChI is InChI=1S/C52H93NO10/c1-3-5-7-9-11-13-14-16-20-24-28-32-36-40-48(57)61-41-37-33-29-25-21-18-15-17-19-23-27-31-35-39-47(56)53-44(45(55)38-34-30-26-22-12-10-8-6-4-2)43-62-52-51(60)50(59)49(58)46(42-54)63-52/h7,9,13-14,17,19,34,38,44-46,49-52,54-55,58-60H,3-6,8,10-12,15-16,18,20-33,35-37,39-43H2,1-2H3,(H,53,56)/b9-7-,14-13-,19-17-,38-34+. The molecule has 0 radical (unpaired) electrons. The molecule has 1 saturated heterocycles. The van der Waals surface area contributed by atoms with E-state index < -0.39 is 49.5 Å². The van der Waals surface area contributed by atoms with E-state index in [0.717, 1.165) is 83.5 Å². The molecule has 0 aromatic heterocycles. The van der Waals surface area contributed by atoms with Crippen LogP contribution in [0.15, 0.2) is 48.6 Å². The Morgan fingerprint density at radius 3 is 1.70 bits per heavy atom. The Kier molecular flexibility index (Phi) is 39.3. The first-order chi connectivity index (χ1) is 30.7. The Hall–Kier alpha value is -2.38. The molecule has 11 nitrogen and oxygen atoms in total. The minimum absolute atomic E-state index is 0.0516. The maximum Gasteiger partial charge on any atom is 0.305 e. The number of aliphatic hydroxyl groups is 5. The summed E-state index contributed by atoms with van der Waals surface area (Å²) in [7, 11) is 0. The zero-order chi connectivity index (χ0) is 46.0. The molecule has 1 heterocycles. The molecule has 11 heteroatoms. The molecule has 0 bridgehead atoms. The number of esters is 1. The smallest absolute Gasteiger partial charge is 0.305 e. The maximum atomic E-state index is 12.9. The molecule has 0 aliphatic carbocycles. The van der Waals surface area contributed by atoms with E-state index in [4.69, 9.17) is 14.2 Å². The van der Waals surface area contributed by atoms with Crippen LogP contribution < -0.4 is 5.32 Å². The van der Waals surface area contributed by atoms with Gasteiger partial charge in [0.1, 0.15) is 24.4 Å². The second-order valence-electron chi connectivity index (χ2n) is 17.5. The number of carbonyl (C=O) groups excluding carboxylic acids is 2. The summed E-state index contributed by atoms with van der Waals surface area (Å²) in [5, 5.41) is 54.0. The van der Waals surface area contributed by atoms with Gasteiger partial charge >= 0.3 is 5.97 Å². The van der Waals surface area contributed by atoms with Crippen LogP contribution in [0.2, 0.25) is 0 Å². The van der Waals surface area contributed by atoms with Gasteiger partial charge in [-0.25, -0.2) is 0 Å². The number of amides is 1. The van der Waals surface area contributed by atoms with Crippen LogP contribution in [0.5, 0.6) is 0 Å². The number of rotatable bonds is 42. The van der Waals surface area contributed by atoms with Crippen LogP contribution >= 0.6 is 0 Å². The molecule has 1 aliphatic heterocycles. The van der Waals surface area contributed by atoms with Crippen molar-refractivity contribution in [1.29, 1.82) is 0 Å². The van der Waals surface area contributed by atoms with Crippen molar-refractivity contribution in [2.45, 2.75) is 249 Å². The summed E-state index contributed by atoms with van der Waals surface area (Å²) in [6.45, 7) is 4.15. The number of hydrogen-bond acceptors (Lipinski definition) is 10. The van der Waals surface area contributed by atoms with Crippen molar-refractivity contribution >= 4 is 11.9 Å². The number of aliphatic hydroxyl groups excluding tert-OH is 5. The van der Waals surface area contributed by atoms with Crippen molar-refractivity contribution in [3.05, 3.63) is 48.6 Å². The van der Waals surface area contributed by atoms with E-state index >= 15 is 0 Å². The van der Waals surface area contributed by atoms with Gasteiger partial charge in [-0.1, -0.05) is 159 Å². The second kappa shape index (κ2) is 42.3. The van der Waals surface area contributed by atoms with Crippen molar-refractivity contribution in [3.8, 4) is 0 Å². The van der Waals surface area contributed by atoms with E-state index in [0.29, 0.717) is 25.9 Å². The third kappa shape index (κ3) is 32.9. The molecular weight excluding hydrogens is 799 g/mol. The molecule has 7 unspecified atom stereocenters. The molecule has 0 aromatic rings. The van der Waals surface area contributed by atoms with Gasteiger partial charge in [-0.05, 0) is 83.5 Å². The Labute approximate surface area is 383 Å². The van der Waals surface area contributed by atoms with Crippen molar-refractivity contribution in [1.82, 2.24) is 5.32 Å². The van der Waals surface area contributed by atoms with Crippen LogP contribution in [0.4, 0.5) is 0 Å². The van der Waals surface area contributed by atoms with Crippen molar-refractivity contribution in [2.24, 2.45) is 0 Å². The van der Waals surface area contributed by atoms with Crippen molar-refractivity contribution < 1.29 is 49.3 Å². The number of hydrogen-bond donors (Lipinski definition) is 6. The topological polar surface area (TPSA) is 175 Å². The fourth-order valence-electron chi connectivity index (χ4n) is 7.52. The molecule has 1 amide bonds. The molecule has 63 heavy (non-hydrogen) atoms. The summed E-state index contributed by atoms with van der Waals surface area (Å²) >= 11 is 0. The fraction of sp³-hybridized carbons (Fsp3) is 0.808. The van der Waals surface area contributed by atoms with Crippen LogP contribution in [-0.2, 0) is 23.8 Å². The minimum atomic E-state index is -1.58. The van der Waals surface area contributed by atoms with Crippen molar-refractivity contribution in [2.75, 3.05) is 19.8 Å². The zero-order valence-corrected chi connectivity index (χ0v) is 39.8. The second-order valence-corrected chi connectivity index (χ2v) is 17.5. The van der Waals surface area contributed by atoms with Crippen LogP contribution in [0.25, 0.3) is 0 Å². The molecule has 1 fully saturated rings. The summed E-state index contributed by atoms with van der Waals surface area (Å²) in [6, 6.07) is -0.830. The summed E-state index contributed by atoms with van der Waals surface area (Å²) in [5.74, 6) is -0.268. The van der Waals surface area contributed by atoms with Crippen molar-refractivity contribution in [3.63, 3.8) is 0 Å². The van der Waals surface area contributed by atoms with E-state index in [1.807, 2.05) is 6.08 Å². The van der Waals surface area contributed by atoms with Crippen LogP contribution in [0.1, 0.15) is 206 Å². The molecule has 1 rings (SSSR count). The number of unbranched alkanes of at least 4 members (excludes halogenated alkanes) is 22. The fourth-order valence-corrected chi connectivity index (χ4v) is 7.52. The van der Waals surface area contributed by atoms with Gasteiger partial charge in [-0.3, -0.25) is 9.59 Å². The summed E-state index contributed by atoms with van der Waals surface area (Å²) in [4.78, 5) is 25.0. The highest BCUT2D eigenvalue weighted by Crippen LogP contribution is 2.22. The van der Waals surface area contributed by atoms with Gasteiger partial charge in [0.25, 0.3) is 0 Å². The first-order valence-corrected chi connectivity index (χ1v) is 25.4. The SMILES string of the molecule is CCC/C=C\C/C=C\CCCCCCCC(=O)OCCCCCCCC/C=C\CCCCCC(=O)NC(COC1OC(CO)C(O)C(O)C1O)C(O)/C=C/CCCCCCCCC. The predicted octanol–water partition coefficient (Wildman–Crippen LogP) is 10.2. The monoisotopic (exact) mass is 892 g/mol. The van der Waals surface area contributed by atoms with Gasteiger partial charge in [0.15, 0.2) is 6.29 Å². The van der Waals surface area contributed by atoms with Gasteiger partial charge in [-0.2, -0.15) is 0 Å². The lowest BCUT2D eigenvalue weighted by Crippen LogP contribution is -2.60. The number of nitrogens with one attached hydrogen (secondary N) is 1. The quantitative estimate of drug-likeness (QED) is 0.0197. The van der Waals surface area contributed by atoms with E-state index in [9.17, 15) is 35.1 Å². The first kappa shape index (κ1) is 58.6. The molecule has 366 valence electrons. The third-order valence-electron chi connectivity index (χ3n) is 11.6. The summed E-state index contributed by atoms with van der Waals surface area (Å²) < 4.78 is 16.6. The largest absolute Gasteiger partial charge is 0.466 e. The normalized spacial score (nSPS) is 20.4. The Morgan fingerprint density at radius 2 is 1.10 bits per heavy atom. The lowest BCUT2D eigenvalue weighted by atomic mass is 9.99. The highest BCUT2D eigenvalue weighted by molar-refractivity contribution is 5.76. The lowest BCUT2D eigenvalue weighted by molar-refractivity contribution is -0.302. The molecular formula is C52H93NO10. The summed E-state index contributed by atoms with van der Waals surface area (Å²) in [5.41, 5.74) is 0. The Morgan fingerprint density at radius 1 is 0.587 bits per heavy atom. The highest BCUT2D eigenvalue weighted by Gasteiger charge is 2.44. The van der Waals surface area contributed by atoms with E-state index in [2.05, 4.69) is 55.6 Å². The Bertz CT molecular complexity index is 1190. The van der Waals surface area contributed by atoms with Gasteiger partial charge in [-0.15, -0.1) is 0 Å². The molecule has 6 N–H and O–H groups in total. The molecule has 7 atom stereocenters. The average Bonchev–Trinajstić information content (AvgIpc) is 3.28. The summed E-state index contributed by atoms with van der Waals surface area (Å²) in [6.07, 6.45) is 40.5. The van der Waals surface area contributed by atoms with E-state index in [1.54, 1.807) is 6.08 Å². The van der Waals surface area contributed by atoms with Crippen LogP contribution in [-0.4, -0.2) is 100 Å². The Balaban J connectivity index is 2.16. The maximum absolute atomic E-state index is 12.9. The average molecular weight is 892 g/mol. The van der Waals surface area contributed by atoms with Gasteiger partial charge < -0.3 is 45.1 Å². The first-order valence-electron chi connectivity index (χ1n) is 25.4. The highest BCUT2D eigenvalue weighted by atomic mass is 16.7. The third-order valence-corrected chi connectivity index (χ3v) is 11.6. The molecule has 0 aromatic carbocycles. The lowest BCUT2D eigenvalue weighted by Gasteiger charge is -2.40. The predicted molar refractivity (Wildman–Crippen MR) is 255 cm³/mol. The minimum Gasteiger partial charge on any atom is -0.466 e. The molecule has 0 saturated carbocycles. The zero-order valence-electron chi connectivity index (χ0n) is 39.8. The molecule has 1 aliphatic rings. The van der Waals surface area contributed by atoms with Gasteiger partial charge in [0, 0.05) is 12.8 Å². The number of ether oxygens (including phenoxy) is 3. The van der Waals surface area contributed by atoms with E-state index in [-0.39, 0.29) is 18.5 Å². The van der Waals surface area contributed by atoms with Crippen LogP contribution in [0, 0.1) is 0 Å². The number of carbonyl (C=O) groups is 2. The van der Waals surface area contributed by atoms with Gasteiger partial charge in [0.05, 0.1) is 32.0 Å².